The number of rotatable bonds is 11. The first-order valence-corrected chi connectivity index (χ1v) is 16.4. The Morgan fingerprint density at radius 2 is 1.67 bits per heavy atom. The van der Waals surface area contributed by atoms with Crippen LogP contribution in [0.5, 0.6) is 17.2 Å². The van der Waals surface area contributed by atoms with E-state index in [2.05, 4.69) is 19.9 Å². The molecule has 9 heteroatoms. The lowest BCUT2D eigenvalue weighted by atomic mass is 9.93. The molecule has 4 aromatic rings. The van der Waals surface area contributed by atoms with Crippen LogP contribution in [-0.4, -0.2) is 37.5 Å². The third-order valence-electron chi connectivity index (χ3n) is 7.78. The highest BCUT2D eigenvalue weighted by Crippen LogP contribution is 2.39. The highest BCUT2D eigenvalue weighted by atomic mass is 32.1. The maximum Gasteiger partial charge on any atom is 0.338 e. The predicted octanol–water partition coefficient (Wildman–Crippen LogP) is 6.17. The monoisotopic (exact) mass is 640 g/mol. The van der Waals surface area contributed by atoms with Crippen LogP contribution in [-0.2, 0) is 9.53 Å². The van der Waals surface area contributed by atoms with Crippen LogP contribution >= 0.6 is 11.3 Å². The molecule has 0 saturated heterocycles. The number of aromatic nitrogens is 1. The highest BCUT2D eigenvalue weighted by molar-refractivity contribution is 7.07. The first-order valence-electron chi connectivity index (χ1n) is 15.6. The van der Waals surface area contributed by atoms with Gasteiger partial charge in [-0.3, -0.25) is 9.36 Å². The number of carbonyl (C=O) groups is 1. The lowest BCUT2D eigenvalue weighted by molar-refractivity contribution is -0.138. The van der Waals surface area contributed by atoms with Gasteiger partial charge in [-0.05, 0) is 86.2 Å². The molecule has 0 fully saturated rings. The summed E-state index contributed by atoms with van der Waals surface area (Å²) in [6, 6.07) is 18.3. The Hall–Kier alpha value is -4.63. The number of carbonyl (C=O) groups excluding carboxylic acids is 1. The SMILES string of the molecule is CCOC(=O)C1=C(c2ccccc2)N=c2s/c(=C/c3cc(C(C)C)c(OC)cc3C)c(=O)n2C1c1ccc(OCC)c(OCC)c1. The second-order valence-corrected chi connectivity index (χ2v) is 12.1. The Labute approximate surface area is 273 Å². The van der Waals surface area contributed by atoms with Crippen molar-refractivity contribution in [1.82, 2.24) is 4.57 Å². The van der Waals surface area contributed by atoms with Crippen LogP contribution in [0.3, 0.4) is 0 Å². The minimum absolute atomic E-state index is 0.171. The Morgan fingerprint density at radius 1 is 0.957 bits per heavy atom. The number of thiazole rings is 1. The van der Waals surface area contributed by atoms with Crippen molar-refractivity contribution < 1.29 is 23.7 Å². The fraction of sp³-hybridized carbons (Fsp3) is 0.324. The Balaban J connectivity index is 1.83. The van der Waals surface area contributed by atoms with Crippen molar-refractivity contribution in [1.29, 1.82) is 0 Å². The number of benzene rings is 3. The summed E-state index contributed by atoms with van der Waals surface area (Å²) in [5, 5.41) is 0. The first-order chi connectivity index (χ1) is 22.2. The van der Waals surface area contributed by atoms with Crippen molar-refractivity contribution in [2.75, 3.05) is 26.9 Å². The summed E-state index contributed by atoms with van der Waals surface area (Å²) < 4.78 is 25.1. The molecule has 1 aliphatic heterocycles. The van der Waals surface area contributed by atoms with Crippen molar-refractivity contribution in [3.8, 4) is 17.2 Å². The Kier molecular flexibility index (Phi) is 10.1. The molecule has 1 atom stereocenters. The molecule has 0 bridgehead atoms. The zero-order valence-electron chi connectivity index (χ0n) is 27.4. The number of esters is 1. The van der Waals surface area contributed by atoms with Crippen molar-refractivity contribution >= 4 is 29.1 Å². The molecule has 0 radical (unpaired) electrons. The molecule has 46 heavy (non-hydrogen) atoms. The third-order valence-corrected chi connectivity index (χ3v) is 8.77. The smallest absolute Gasteiger partial charge is 0.338 e. The topological polar surface area (TPSA) is 88.4 Å². The number of hydrogen-bond donors (Lipinski definition) is 0. The molecular weight excluding hydrogens is 600 g/mol. The normalized spacial score (nSPS) is 14.6. The van der Waals surface area contributed by atoms with Gasteiger partial charge in [-0.25, -0.2) is 9.79 Å². The molecule has 240 valence electrons. The minimum atomic E-state index is -0.828. The van der Waals surface area contributed by atoms with Crippen molar-refractivity contribution in [3.63, 3.8) is 0 Å². The van der Waals surface area contributed by atoms with E-state index in [0.717, 1.165) is 28.0 Å². The number of hydrogen-bond acceptors (Lipinski definition) is 8. The molecule has 5 rings (SSSR count). The summed E-state index contributed by atoms with van der Waals surface area (Å²) in [4.78, 5) is 33.7. The van der Waals surface area contributed by atoms with Gasteiger partial charge in [-0.1, -0.05) is 61.6 Å². The lowest BCUT2D eigenvalue weighted by Crippen LogP contribution is -2.40. The van der Waals surface area contributed by atoms with Crippen LogP contribution in [0.4, 0.5) is 0 Å². The summed E-state index contributed by atoms with van der Waals surface area (Å²) in [6.45, 7) is 12.8. The van der Waals surface area contributed by atoms with Crippen molar-refractivity contribution in [3.05, 3.63) is 114 Å². The van der Waals surface area contributed by atoms with Crippen LogP contribution in [0.2, 0.25) is 0 Å². The average Bonchev–Trinajstić information content (AvgIpc) is 3.36. The summed E-state index contributed by atoms with van der Waals surface area (Å²) in [5.74, 6) is 1.62. The van der Waals surface area contributed by atoms with E-state index >= 15 is 0 Å². The van der Waals surface area contributed by atoms with Crippen LogP contribution < -0.4 is 29.1 Å². The molecule has 1 unspecified atom stereocenters. The Bertz CT molecular complexity index is 1960. The summed E-state index contributed by atoms with van der Waals surface area (Å²) in [7, 11) is 1.67. The molecule has 0 spiro atoms. The number of ether oxygens (including phenoxy) is 4. The van der Waals surface area contributed by atoms with E-state index in [1.165, 1.54) is 11.3 Å². The van der Waals surface area contributed by atoms with Crippen LogP contribution in [0, 0.1) is 6.92 Å². The van der Waals surface area contributed by atoms with Gasteiger partial charge in [0.15, 0.2) is 16.3 Å². The van der Waals surface area contributed by atoms with E-state index in [1.54, 1.807) is 18.6 Å². The maximum absolute atomic E-state index is 14.4. The Morgan fingerprint density at radius 3 is 2.33 bits per heavy atom. The number of fused-ring (bicyclic) bond motifs is 1. The maximum atomic E-state index is 14.4. The lowest BCUT2D eigenvalue weighted by Gasteiger charge is -2.26. The summed E-state index contributed by atoms with van der Waals surface area (Å²) >= 11 is 1.29. The second kappa shape index (κ2) is 14.2. The van der Waals surface area contributed by atoms with Gasteiger partial charge in [-0.2, -0.15) is 0 Å². The molecule has 8 nitrogen and oxygen atoms in total. The van der Waals surface area contributed by atoms with Crippen molar-refractivity contribution in [2.24, 2.45) is 4.99 Å². The quantitative estimate of drug-likeness (QED) is 0.182. The van der Waals surface area contributed by atoms with Crippen LogP contribution in [0.1, 0.15) is 74.4 Å². The summed E-state index contributed by atoms with van der Waals surface area (Å²) in [5.41, 5.74) is 4.86. The second-order valence-electron chi connectivity index (χ2n) is 11.1. The summed E-state index contributed by atoms with van der Waals surface area (Å²) in [6.07, 6.45) is 1.90. The van der Waals surface area contributed by atoms with E-state index < -0.39 is 12.0 Å². The molecule has 1 aliphatic rings. The average molecular weight is 641 g/mol. The van der Waals surface area contributed by atoms with Crippen molar-refractivity contribution in [2.45, 2.75) is 53.5 Å². The fourth-order valence-electron chi connectivity index (χ4n) is 5.63. The van der Waals surface area contributed by atoms with E-state index in [4.69, 9.17) is 23.9 Å². The van der Waals surface area contributed by atoms with Gasteiger partial charge < -0.3 is 18.9 Å². The predicted molar refractivity (Wildman–Crippen MR) is 182 cm³/mol. The van der Waals surface area contributed by atoms with Gasteiger partial charge in [0.05, 0.1) is 48.8 Å². The van der Waals surface area contributed by atoms with E-state index in [1.807, 2.05) is 81.4 Å². The van der Waals surface area contributed by atoms with Crippen LogP contribution in [0.15, 0.2) is 76.0 Å². The molecule has 0 saturated carbocycles. The highest BCUT2D eigenvalue weighted by Gasteiger charge is 2.35. The van der Waals surface area contributed by atoms with Gasteiger partial charge in [0.1, 0.15) is 5.75 Å². The molecule has 2 heterocycles. The molecule has 1 aromatic heterocycles. The number of methoxy groups -OCH3 is 1. The third kappa shape index (κ3) is 6.37. The van der Waals surface area contributed by atoms with Gasteiger partial charge >= 0.3 is 5.97 Å². The fourth-order valence-corrected chi connectivity index (χ4v) is 6.63. The first kappa shape index (κ1) is 32.8. The molecule has 0 aliphatic carbocycles. The molecule has 3 aromatic carbocycles. The zero-order chi connectivity index (χ0) is 33.0. The van der Waals surface area contributed by atoms with Gasteiger partial charge in [0.25, 0.3) is 5.56 Å². The van der Waals surface area contributed by atoms with Crippen LogP contribution in [0.25, 0.3) is 11.8 Å². The van der Waals surface area contributed by atoms with Gasteiger partial charge in [0.2, 0.25) is 0 Å². The molecule has 0 N–H and O–H groups in total. The number of nitrogens with zero attached hydrogens (tertiary/aromatic N) is 2. The standard InChI is InChI=1S/C37H40N2O6S/c1-8-43-28-17-16-25(20-30(28)44-9-2)34-32(36(41)45-10-3)33(24-14-12-11-13-15-24)38-37-39(34)35(40)31(46-37)21-26-19-27(22(4)5)29(42-7)18-23(26)6/h11-22,34H,8-10H2,1-7H3/b31-21+. The minimum Gasteiger partial charge on any atom is -0.496 e. The van der Waals surface area contributed by atoms with E-state index in [0.29, 0.717) is 45.3 Å². The van der Waals surface area contributed by atoms with E-state index in [9.17, 15) is 9.59 Å². The zero-order valence-corrected chi connectivity index (χ0v) is 28.2. The molecular formula is C37H40N2O6S. The number of aryl methyl sites for hydroxylation is 1. The van der Waals surface area contributed by atoms with Gasteiger partial charge in [-0.15, -0.1) is 0 Å². The molecule has 0 amide bonds. The largest absolute Gasteiger partial charge is 0.496 e. The van der Waals surface area contributed by atoms with Gasteiger partial charge in [0, 0.05) is 5.56 Å². The van der Waals surface area contributed by atoms with E-state index in [-0.39, 0.29) is 23.7 Å².